The van der Waals surface area contributed by atoms with Crippen molar-refractivity contribution in [3.05, 3.63) is 33.8 Å². The fourth-order valence-corrected chi connectivity index (χ4v) is 4.83. The van der Waals surface area contributed by atoms with Gasteiger partial charge < -0.3 is 15.5 Å². The standard InChI is InChI=1S/C18H18BrF3N4O3/c1-25-8-16(9-25,18(20,21)22)23-13(27)7-26-14(28)17(24-15(26)29)5-4-10-6-11(19)2-3-12(10)17/h2-3,6H,4-5,7-9H2,1H3,(H,23,27)(H,24,29)/t17-/m0/s1. The summed E-state index contributed by atoms with van der Waals surface area (Å²) in [7, 11) is 1.51. The molecule has 3 aliphatic rings. The summed E-state index contributed by atoms with van der Waals surface area (Å²) in [5.74, 6) is -1.64. The van der Waals surface area contributed by atoms with E-state index in [2.05, 4.69) is 21.2 Å². The molecule has 1 aromatic rings. The van der Waals surface area contributed by atoms with Gasteiger partial charge in [0.15, 0.2) is 5.54 Å². The highest BCUT2D eigenvalue weighted by Crippen LogP contribution is 2.42. The monoisotopic (exact) mass is 474 g/mol. The topological polar surface area (TPSA) is 81.8 Å². The van der Waals surface area contributed by atoms with Crippen LogP contribution in [-0.4, -0.2) is 66.0 Å². The van der Waals surface area contributed by atoms with Crippen molar-refractivity contribution in [3.8, 4) is 0 Å². The van der Waals surface area contributed by atoms with Crippen LogP contribution in [0.1, 0.15) is 17.5 Å². The van der Waals surface area contributed by atoms with Gasteiger partial charge in [0.2, 0.25) is 5.91 Å². The summed E-state index contributed by atoms with van der Waals surface area (Å²) in [5.41, 5.74) is -2.09. The van der Waals surface area contributed by atoms with E-state index in [9.17, 15) is 27.6 Å². The molecule has 0 saturated carbocycles. The number of fused-ring (bicyclic) bond motifs is 2. The molecule has 0 unspecified atom stereocenters. The largest absolute Gasteiger partial charge is 0.414 e. The number of urea groups is 1. The molecule has 29 heavy (non-hydrogen) atoms. The van der Waals surface area contributed by atoms with Crippen molar-refractivity contribution in [3.63, 3.8) is 0 Å². The van der Waals surface area contributed by atoms with E-state index >= 15 is 0 Å². The first-order valence-electron chi connectivity index (χ1n) is 8.97. The van der Waals surface area contributed by atoms with Gasteiger partial charge in [-0.3, -0.25) is 14.5 Å². The molecule has 1 aromatic carbocycles. The van der Waals surface area contributed by atoms with Gasteiger partial charge in [-0.1, -0.05) is 22.0 Å². The number of hydrogen-bond donors (Lipinski definition) is 2. The van der Waals surface area contributed by atoms with E-state index < -0.39 is 41.6 Å². The van der Waals surface area contributed by atoms with Crippen molar-refractivity contribution in [2.45, 2.75) is 30.1 Å². The third-order valence-electron chi connectivity index (χ3n) is 5.77. The molecule has 2 fully saturated rings. The van der Waals surface area contributed by atoms with Crippen LogP contribution in [0.15, 0.2) is 22.7 Å². The lowest BCUT2D eigenvalue weighted by molar-refractivity contribution is -0.231. The first kappa shape index (κ1) is 20.1. The predicted molar refractivity (Wildman–Crippen MR) is 98.8 cm³/mol. The summed E-state index contributed by atoms with van der Waals surface area (Å²) in [5, 5.41) is 4.64. The Morgan fingerprint density at radius 3 is 2.62 bits per heavy atom. The van der Waals surface area contributed by atoms with Gasteiger partial charge in [0.1, 0.15) is 12.1 Å². The molecule has 2 saturated heterocycles. The van der Waals surface area contributed by atoms with Gasteiger partial charge in [-0.2, -0.15) is 13.2 Å². The number of nitrogens with zero attached hydrogens (tertiary/aromatic N) is 2. The van der Waals surface area contributed by atoms with Crippen LogP contribution < -0.4 is 10.6 Å². The average Bonchev–Trinajstić information content (AvgIpc) is 3.05. The average molecular weight is 475 g/mol. The van der Waals surface area contributed by atoms with Gasteiger partial charge in [0, 0.05) is 17.6 Å². The highest BCUT2D eigenvalue weighted by atomic mass is 79.9. The molecule has 2 N–H and O–H groups in total. The van der Waals surface area contributed by atoms with Crippen molar-refractivity contribution < 1.29 is 27.6 Å². The summed E-state index contributed by atoms with van der Waals surface area (Å²) >= 11 is 3.36. The Kier molecular flexibility index (Phi) is 4.47. The molecule has 0 aromatic heterocycles. The number of amides is 4. The molecule has 4 rings (SSSR count). The van der Waals surface area contributed by atoms with E-state index in [0.717, 1.165) is 10.0 Å². The van der Waals surface area contributed by atoms with Crippen molar-refractivity contribution >= 4 is 33.8 Å². The molecule has 7 nitrogen and oxygen atoms in total. The molecule has 156 valence electrons. The smallest absolute Gasteiger partial charge is 0.338 e. The van der Waals surface area contributed by atoms with Crippen LogP contribution in [0.5, 0.6) is 0 Å². The number of carbonyl (C=O) groups is 3. The lowest BCUT2D eigenvalue weighted by Gasteiger charge is -2.49. The maximum atomic E-state index is 13.4. The number of rotatable bonds is 3. The van der Waals surface area contributed by atoms with Gasteiger partial charge in [0.25, 0.3) is 5.91 Å². The Hall–Kier alpha value is -2.14. The number of aryl methyl sites for hydroxylation is 1. The molecular weight excluding hydrogens is 457 g/mol. The minimum atomic E-state index is -4.63. The van der Waals surface area contributed by atoms with Crippen molar-refractivity contribution in [2.24, 2.45) is 0 Å². The summed E-state index contributed by atoms with van der Waals surface area (Å²) < 4.78 is 41.0. The summed E-state index contributed by atoms with van der Waals surface area (Å²) in [4.78, 5) is 39.9. The molecule has 1 atom stereocenters. The lowest BCUT2D eigenvalue weighted by Crippen LogP contribution is -2.76. The second kappa shape index (κ2) is 6.43. The van der Waals surface area contributed by atoms with E-state index in [1.807, 2.05) is 11.4 Å². The van der Waals surface area contributed by atoms with Gasteiger partial charge >= 0.3 is 12.2 Å². The molecule has 2 aliphatic heterocycles. The number of benzene rings is 1. The predicted octanol–water partition coefficient (Wildman–Crippen LogP) is 1.51. The summed E-state index contributed by atoms with van der Waals surface area (Å²) in [6.45, 7) is -1.52. The van der Waals surface area contributed by atoms with E-state index in [1.165, 1.54) is 11.9 Å². The Labute approximate surface area is 172 Å². The van der Waals surface area contributed by atoms with Crippen molar-refractivity contribution in [2.75, 3.05) is 26.7 Å². The molecular formula is C18H18BrF3N4O3. The molecule has 0 radical (unpaired) electrons. The number of likely N-dealkylation sites (tertiary alicyclic amines) is 1. The quantitative estimate of drug-likeness (QED) is 0.650. The second-order valence-electron chi connectivity index (χ2n) is 7.83. The zero-order valence-electron chi connectivity index (χ0n) is 15.4. The third-order valence-corrected chi connectivity index (χ3v) is 6.27. The normalized spacial score (nSPS) is 25.8. The molecule has 11 heteroatoms. The Balaban J connectivity index is 1.52. The zero-order valence-corrected chi connectivity index (χ0v) is 17.0. The Morgan fingerprint density at radius 2 is 2.00 bits per heavy atom. The van der Waals surface area contributed by atoms with Crippen LogP contribution in [0.25, 0.3) is 0 Å². The summed E-state index contributed by atoms with van der Waals surface area (Å²) in [6.07, 6.45) is -3.74. The van der Waals surface area contributed by atoms with Crippen LogP contribution in [0.3, 0.4) is 0 Å². The number of alkyl halides is 3. The lowest BCUT2D eigenvalue weighted by atomic mass is 9.89. The summed E-state index contributed by atoms with van der Waals surface area (Å²) in [6, 6.07) is 4.56. The number of nitrogens with one attached hydrogen (secondary N) is 2. The molecule has 1 spiro atoms. The molecule has 0 bridgehead atoms. The highest BCUT2D eigenvalue weighted by Gasteiger charge is 2.62. The Bertz CT molecular complexity index is 916. The number of carbonyl (C=O) groups excluding carboxylic acids is 3. The first-order valence-corrected chi connectivity index (χ1v) is 9.76. The number of imide groups is 1. The fourth-order valence-electron chi connectivity index (χ4n) is 4.42. The fraction of sp³-hybridized carbons (Fsp3) is 0.500. The maximum absolute atomic E-state index is 13.4. The SMILES string of the molecule is CN1CC(NC(=O)CN2C(=O)N[C@]3(CCc4cc(Br)ccc43)C2=O)(C(F)(F)F)C1. The van der Waals surface area contributed by atoms with Gasteiger partial charge in [-0.25, -0.2) is 4.79 Å². The van der Waals surface area contributed by atoms with Crippen LogP contribution >= 0.6 is 15.9 Å². The maximum Gasteiger partial charge on any atom is 0.414 e. The first-order chi connectivity index (χ1) is 13.5. The highest BCUT2D eigenvalue weighted by molar-refractivity contribution is 9.10. The third kappa shape index (κ3) is 3.02. The molecule has 2 heterocycles. The molecule has 4 amide bonds. The van der Waals surface area contributed by atoms with Crippen LogP contribution in [0, 0.1) is 0 Å². The van der Waals surface area contributed by atoms with Gasteiger partial charge in [0.05, 0.1) is 0 Å². The minimum Gasteiger partial charge on any atom is -0.338 e. The van der Waals surface area contributed by atoms with Gasteiger partial charge in [-0.15, -0.1) is 0 Å². The Morgan fingerprint density at radius 1 is 1.31 bits per heavy atom. The number of likely N-dealkylation sites (N-methyl/N-ethyl adjacent to an activating group) is 1. The number of hydrogen-bond acceptors (Lipinski definition) is 4. The van der Waals surface area contributed by atoms with Crippen LogP contribution in [0.2, 0.25) is 0 Å². The molecule has 1 aliphatic carbocycles. The van der Waals surface area contributed by atoms with Crippen molar-refractivity contribution in [1.29, 1.82) is 0 Å². The van der Waals surface area contributed by atoms with Gasteiger partial charge in [-0.05, 0) is 43.1 Å². The van der Waals surface area contributed by atoms with E-state index in [1.54, 1.807) is 12.1 Å². The minimum absolute atomic E-state index is 0.332. The van der Waals surface area contributed by atoms with Crippen LogP contribution in [-0.2, 0) is 21.5 Å². The number of halogens is 4. The second-order valence-corrected chi connectivity index (χ2v) is 8.74. The van der Waals surface area contributed by atoms with E-state index in [0.29, 0.717) is 23.3 Å². The zero-order chi connectivity index (χ0) is 21.2. The van der Waals surface area contributed by atoms with Crippen LogP contribution in [0.4, 0.5) is 18.0 Å². The van der Waals surface area contributed by atoms with Crippen molar-refractivity contribution in [1.82, 2.24) is 20.4 Å². The van der Waals surface area contributed by atoms with E-state index in [4.69, 9.17) is 0 Å². The van der Waals surface area contributed by atoms with E-state index in [-0.39, 0.29) is 13.1 Å².